The van der Waals surface area contributed by atoms with Crippen LogP contribution in [0, 0.1) is 0 Å². The number of carbonyl (C=O) groups excluding carboxylic acids is 1. The highest BCUT2D eigenvalue weighted by molar-refractivity contribution is 5.93. The molecule has 0 atom stereocenters. The van der Waals surface area contributed by atoms with Crippen molar-refractivity contribution in [2.75, 3.05) is 0 Å². The molecule has 21 heavy (non-hydrogen) atoms. The van der Waals surface area contributed by atoms with Crippen molar-refractivity contribution in [2.24, 2.45) is 0 Å². The zero-order valence-corrected chi connectivity index (χ0v) is 10.7. The van der Waals surface area contributed by atoms with Crippen LogP contribution in [0.4, 0.5) is 13.2 Å². The summed E-state index contributed by atoms with van der Waals surface area (Å²) in [5.74, 6) is -0.613. The first-order chi connectivity index (χ1) is 9.88. The molecule has 0 saturated heterocycles. The Hall–Kier alpha value is -2.57. The number of carbonyl (C=O) groups is 1. The normalized spacial score (nSPS) is 11.2. The molecule has 0 aliphatic rings. The largest absolute Gasteiger partial charge is 0.416 e. The van der Waals surface area contributed by atoms with Gasteiger partial charge in [0.05, 0.1) is 5.56 Å². The van der Waals surface area contributed by atoms with Crippen molar-refractivity contribution in [1.29, 1.82) is 0 Å². The maximum absolute atomic E-state index is 12.8. The van der Waals surface area contributed by atoms with E-state index in [1.165, 1.54) is 30.5 Å². The second kappa shape index (κ2) is 5.82. The topological polar surface area (TPSA) is 62.0 Å². The molecular formula is C14H11F3N2O2. The number of nitrogens with one attached hydrogen (secondary N) is 2. The first-order valence-electron chi connectivity index (χ1n) is 6.00. The number of aromatic amines is 1. The van der Waals surface area contributed by atoms with Gasteiger partial charge in [0.2, 0.25) is 5.56 Å². The number of hydrogen-bond donors (Lipinski definition) is 2. The van der Waals surface area contributed by atoms with Crippen LogP contribution >= 0.6 is 0 Å². The van der Waals surface area contributed by atoms with Crippen LogP contribution in [0.2, 0.25) is 0 Å². The van der Waals surface area contributed by atoms with Gasteiger partial charge in [-0.2, -0.15) is 13.2 Å². The van der Waals surface area contributed by atoms with Crippen molar-refractivity contribution in [2.45, 2.75) is 12.7 Å². The zero-order valence-electron chi connectivity index (χ0n) is 10.7. The molecule has 0 unspecified atom stereocenters. The molecule has 0 radical (unpaired) electrons. The molecule has 2 aromatic rings. The number of halogens is 3. The Morgan fingerprint density at radius 1 is 1.19 bits per heavy atom. The lowest BCUT2D eigenvalue weighted by Gasteiger charge is -2.13. The fourth-order valence-electron chi connectivity index (χ4n) is 1.81. The lowest BCUT2D eigenvalue weighted by molar-refractivity contribution is -0.138. The summed E-state index contributed by atoms with van der Waals surface area (Å²) in [6.07, 6.45) is -3.19. The fourth-order valence-corrected chi connectivity index (χ4v) is 1.81. The molecule has 0 fully saturated rings. The van der Waals surface area contributed by atoms with Crippen molar-refractivity contribution in [3.05, 3.63) is 69.6 Å². The third kappa shape index (κ3) is 3.71. The lowest BCUT2D eigenvalue weighted by Crippen LogP contribution is -2.25. The molecule has 0 aliphatic carbocycles. The predicted octanol–water partition coefficient (Wildman–Crippen LogP) is 2.32. The van der Waals surface area contributed by atoms with Crippen LogP contribution in [0.1, 0.15) is 21.5 Å². The van der Waals surface area contributed by atoms with Crippen molar-refractivity contribution >= 4 is 5.91 Å². The molecule has 1 aromatic heterocycles. The first kappa shape index (κ1) is 14.8. The molecule has 1 aromatic carbocycles. The van der Waals surface area contributed by atoms with Crippen LogP contribution in [-0.4, -0.2) is 10.9 Å². The quantitative estimate of drug-likeness (QED) is 0.913. The summed E-state index contributed by atoms with van der Waals surface area (Å²) in [4.78, 5) is 25.2. The van der Waals surface area contributed by atoms with Gasteiger partial charge >= 0.3 is 6.18 Å². The van der Waals surface area contributed by atoms with E-state index >= 15 is 0 Å². The van der Waals surface area contributed by atoms with Crippen LogP contribution in [-0.2, 0) is 12.7 Å². The van der Waals surface area contributed by atoms with Crippen LogP contribution < -0.4 is 10.9 Å². The van der Waals surface area contributed by atoms with Crippen molar-refractivity contribution in [1.82, 2.24) is 10.3 Å². The van der Waals surface area contributed by atoms with Crippen LogP contribution in [0.3, 0.4) is 0 Å². The van der Waals surface area contributed by atoms with Crippen LogP contribution in [0.15, 0.2) is 47.4 Å². The molecule has 0 saturated carbocycles. The Balaban J connectivity index is 2.14. The minimum Gasteiger partial charge on any atom is -0.348 e. The van der Waals surface area contributed by atoms with E-state index in [0.717, 1.165) is 12.1 Å². The number of alkyl halides is 3. The van der Waals surface area contributed by atoms with Gasteiger partial charge in [-0.05, 0) is 17.7 Å². The number of H-pyrrole nitrogens is 1. The maximum Gasteiger partial charge on any atom is 0.416 e. The van der Waals surface area contributed by atoms with Gasteiger partial charge in [0.1, 0.15) is 0 Å². The summed E-state index contributed by atoms with van der Waals surface area (Å²) in [5, 5.41) is 2.36. The maximum atomic E-state index is 12.8. The van der Waals surface area contributed by atoms with Gasteiger partial charge in [-0.3, -0.25) is 9.59 Å². The van der Waals surface area contributed by atoms with Crippen LogP contribution in [0.5, 0.6) is 0 Å². The van der Waals surface area contributed by atoms with Gasteiger partial charge in [-0.15, -0.1) is 0 Å². The van der Waals surface area contributed by atoms with E-state index in [4.69, 9.17) is 0 Å². The first-order valence-corrected chi connectivity index (χ1v) is 6.00. The molecule has 1 heterocycles. The van der Waals surface area contributed by atoms with E-state index in [2.05, 4.69) is 10.3 Å². The van der Waals surface area contributed by atoms with E-state index in [0.29, 0.717) is 0 Å². The number of rotatable bonds is 3. The van der Waals surface area contributed by atoms with Crippen molar-refractivity contribution in [3.8, 4) is 0 Å². The molecule has 2 rings (SSSR count). The highest BCUT2D eigenvalue weighted by atomic mass is 19.4. The highest BCUT2D eigenvalue weighted by Crippen LogP contribution is 2.31. The molecular weight excluding hydrogens is 285 g/mol. The third-order valence-electron chi connectivity index (χ3n) is 2.80. The minimum atomic E-state index is -4.48. The standard InChI is InChI=1S/C14H11F3N2O2/c15-14(16,17)11-4-2-1-3-10(11)8-19-13(21)9-5-6-18-12(20)7-9/h1-7H,8H2,(H,18,20)(H,19,21). The number of pyridine rings is 1. The number of hydrogen-bond acceptors (Lipinski definition) is 2. The highest BCUT2D eigenvalue weighted by Gasteiger charge is 2.32. The third-order valence-corrected chi connectivity index (χ3v) is 2.80. The average molecular weight is 296 g/mol. The van der Waals surface area contributed by atoms with E-state index in [1.807, 2.05) is 0 Å². The molecule has 4 nitrogen and oxygen atoms in total. The molecule has 7 heteroatoms. The van der Waals surface area contributed by atoms with E-state index in [9.17, 15) is 22.8 Å². The molecule has 2 N–H and O–H groups in total. The Labute approximate surface area is 117 Å². The van der Waals surface area contributed by atoms with Crippen LogP contribution in [0.25, 0.3) is 0 Å². The van der Waals surface area contributed by atoms with Crippen molar-refractivity contribution < 1.29 is 18.0 Å². The number of benzene rings is 1. The second-order valence-corrected chi connectivity index (χ2v) is 4.28. The Morgan fingerprint density at radius 3 is 2.57 bits per heavy atom. The second-order valence-electron chi connectivity index (χ2n) is 4.28. The van der Waals surface area contributed by atoms with Gasteiger partial charge in [-0.1, -0.05) is 18.2 Å². The summed E-state index contributed by atoms with van der Waals surface area (Å²) in [5.41, 5.74) is -1.21. The van der Waals surface area contributed by atoms with Gasteiger partial charge in [0.25, 0.3) is 5.91 Å². The van der Waals surface area contributed by atoms with Gasteiger partial charge in [-0.25, -0.2) is 0 Å². The summed E-state index contributed by atoms with van der Waals surface area (Å²) in [6, 6.07) is 7.43. The minimum absolute atomic E-state index is 0.0387. The molecule has 110 valence electrons. The predicted molar refractivity (Wildman–Crippen MR) is 69.7 cm³/mol. The lowest BCUT2D eigenvalue weighted by atomic mass is 10.1. The Kier molecular flexibility index (Phi) is 4.11. The molecule has 0 spiro atoms. The Morgan fingerprint density at radius 2 is 1.90 bits per heavy atom. The average Bonchev–Trinajstić information content (AvgIpc) is 2.44. The summed E-state index contributed by atoms with van der Waals surface area (Å²) >= 11 is 0. The smallest absolute Gasteiger partial charge is 0.348 e. The van der Waals surface area contributed by atoms with Gasteiger partial charge in [0, 0.05) is 24.4 Å². The number of amides is 1. The van der Waals surface area contributed by atoms with E-state index < -0.39 is 23.2 Å². The summed E-state index contributed by atoms with van der Waals surface area (Å²) < 4.78 is 38.4. The number of aromatic nitrogens is 1. The molecule has 1 amide bonds. The summed E-state index contributed by atoms with van der Waals surface area (Å²) in [6.45, 7) is -0.276. The van der Waals surface area contributed by atoms with E-state index in [1.54, 1.807) is 0 Å². The fraction of sp³-hybridized carbons (Fsp3) is 0.143. The SMILES string of the molecule is O=C(NCc1ccccc1C(F)(F)F)c1cc[nH]c(=O)c1. The van der Waals surface area contributed by atoms with Gasteiger partial charge < -0.3 is 10.3 Å². The van der Waals surface area contributed by atoms with Gasteiger partial charge in [0.15, 0.2) is 0 Å². The molecule has 0 aliphatic heterocycles. The Bertz CT molecular complexity index is 708. The monoisotopic (exact) mass is 296 g/mol. The zero-order chi connectivity index (χ0) is 15.5. The van der Waals surface area contributed by atoms with Crippen molar-refractivity contribution in [3.63, 3.8) is 0 Å². The van der Waals surface area contributed by atoms with E-state index in [-0.39, 0.29) is 17.7 Å². The summed E-state index contributed by atoms with van der Waals surface area (Å²) in [7, 11) is 0. The molecule has 0 bridgehead atoms.